The van der Waals surface area contributed by atoms with Crippen LogP contribution >= 0.6 is 0 Å². The second-order valence-electron chi connectivity index (χ2n) is 8.15. The molecule has 174 valence electrons. The van der Waals surface area contributed by atoms with Crippen molar-refractivity contribution in [2.75, 3.05) is 51.3 Å². The van der Waals surface area contributed by atoms with Gasteiger partial charge in [0.1, 0.15) is 5.75 Å². The quantitative estimate of drug-likeness (QED) is 0.637. The van der Waals surface area contributed by atoms with E-state index in [-0.39, 0.29) is 23.9 Å². The largest absolute Gasteiger partial charge is 0.496 e. The highest BCUT2D eigenvalue weighted by Crippen LogP contribution is 2.25. The number of hydrogen-bond acceptors (Lipinski definition) is 5. The van der Waals surface area contributed by atoms with Crippen LogP contribution in [0.15, 0.2) is 41.3 Å². The highest BCUT2D eigenvalue weighted by atomic mass is 32.2. The first-order valence-corrected chi connectivity index (χ1v) is 12.4. The first-order chi connectivity index (χ1) is 15.2. The fourth-order valence-corrected chi connectivity index (χ4v) is 5.54. The number of hydrogen-bond donors (Lipinski definition) is 0. The van der Waals surface area contributed by atoms with Crippen molar-refractivity contribution in [2.24, 2.45) is 0 Å². The molecule has 0 aromatic heterocycles. The minimum Gasteiger partial charge on any atom is -0.496 e. The van der Waals surface area contributed by atoms with Crippen molar-refractivity contribution in [1.82, 2.24) is 9.21 Å². The Labute approximate surface area is 191 Å². The molecule has 3 rings (SSSR count). The van der Waals surface area contributed by atoms with E-state index in [2.05, 4.69) is 36.9 Å². The number of rotatable bonds is 7. The van der Waals surface area contributed by atoms with E-state index < -0.39 is 10.0 Å². The van der Waals surface area contributed by atoms with Gasteiger partial charge in [-0.25, -0.2) is 8.42 Å². The highest BCUT2D eigenvalue weighted by Gasteiger charge is 2.29. The van der Waals surface area contributed by atoms with Gasteiger partial charge in [-0.2, -0.15) is 4.31 Å². The van der Waals surface area contributed by atoms with Crippen molar-refractivity contribution in [3.63, 3.8) is 0 Å². The molecule has 8 heteroatoms. The molecule has 2 aromatic rings. The second-order valence-corrected chi connectivity index (χ2v) is 10.1. The lowest BCUT2D eigenvalue weighted by Gasteiger charge is -2.37. The maximum atomic E-state index is 13.1. The van der Waals surface area contributed by atoms with E-state index in [1.54, 1.807) is 38.0 Å². The number of sulfonamides is 1. The van der Waals surface area contributed by atoms with Gasteiger partial charge in [-0.05, 0) is 61.7 Å². The van der Waals surface area contributed by atoms with Gasteiger partial charge >= 0.3 is 0 Å². The fourth-order valence-electron chi connectivity index (χ4n) is 4.05. The molecule has 32 heavy (non-hydrogen) atoms. The van der Waals surface area contributed by atoms with E-state index in [1.807, 2.05) is 0 Å². The topological polar surface area (TPSA) is 70.2 Å². The molecule has 2 aromatic carbocycles. The number of carbonyl (C=O) groups is 1. The minimum absolute atomic E-state index is 0.159. The zero-order valence-corrected chi connectivity index (χ0v) is 20.4. The number of aryl methyl sites for hydroxylation is 2. The van der Waals surface area contributed by atoms with Gasteiger partial charge in [0.05, 0.1) is 18.6 Å². The lowest BCUT2D eigenvalue weighted by molar-refractivity contribution is -0.131. The van der Waals surface area contributed by atoms with Crippen molar-refractivity contribution < 1.29 is 17.9 Å². The van der Waals surface area contributed by atoms with Crippen molar-refractivity contribution in [1.29, 1.82) is 0 Å². The molecule has 0 aliphatic carbocycles. The Morgan fingerprint density at radius 2 is 1.72 bits per heavy atom. The fraction of sp³-hybridized carbons (Fsp3) is 0.458. The van der Waals surface area contributed by atoms with Gasteiger partial charge in [-0.3, -0.25) is 4.79 Å². The van der Waals surface area contributed by atoms with E-state index in [0.29, 0.717) is 18.8 Å². The number of methoxy groups -OCH3 is 1. The zero-order valence-electron chi connectivity index (χ0n) is 19.6. The number of carbonyl (C=O) groups excluding carboxylic acids is 1. The van der Waals surface area contributed by atoms with E-state index in [0.717, 1.165) is 18.7 Å². The third kappa shape index (κ3) is 4.91. The molecule has 7 nitrogen and oxygen atoms in total. The zero-order chi connectivity index (χ0) is 23.5. The van der Waals surface area contributed by atoms with Gasteiger partial charge in [-0.1, -0.05) is 19.1 Å². The molecule has 0 N–H and O–H groups in total. The summed E-state index contributed by atoms with van der Waals surface area (Å²) in [5.41, 5.74) is 4.44. The maximum absolute atomic E-state index is 13.1. The average molecular weight is 460 g/mol. The lowest BCUT2D eigenvalue weighted by Crippen LogP contribution is -2.52. The molecule has 0 saturated carbocycles. The summed E-state index contributed by atoms with van der Waals surface area (Å²) in [6.07, 6.45) is 0. The van der Waals surface area contributed by atoms with Crippen LogP contribution < -0.4 is 9.64 Å². The van der Waals surface area contributed by atoms with Crippen LogP contribution in [0.1, 0.15) is 23.6 Å². The summed E-state index contributed by atoms with van der Waals surface area (Å²) in [6, 6.07) is 11.0. The Balaban J connectivity index is 1.67. The Bertz CT molecular complexity index is 1080. The van der Waals surface area contributed by atoms with E-state index in [4.69, 9.17) is 4.74 Å². The number of benzene rings is 2. The van der Waals surface area contributed by atoms with Crippen LogP contribution in [0.25, 0.3) is 0 Å². The van der Waals surface area contributed by atoms with Crippen LogP contribution in [0.4, 0.5) is 5.69 Å². The summed E-state index contributed by atoms with van der Waals surface area (Å²) < 4.78 is 32.8. The maximum Gasteiger partial charge on any atom is 0.243 e. The van der Waals surface area contributed by atoms with Crippen molar-refractivity contribution in [2.45, 2.75) is 32.6 Å². The number of piperazine rings is 1. The first kappa shape index (κ1) is 24.1. The van der Waals surface area contributed by atoms with Gasteiger partial charge in [0.2, 0.25) is 15.9 Å². The van der Waals surface area contributed by atoms with Gasteiger partial charge < -0.3 is 14.5 Å². The number of anilines is 1. The normalized spacial score (nSPS) is 14.7. The van der Waals surface area contributed by atoms with Crippen molar-refractivity contribution in [3.05, 3.63) is 53.1 Å². The third-order valence-corrected chi connectivity index (χ3v) is 8.13. The highest BCUT2D eigenvalue weighted by molar-refractivity contribution is 7.89. The summed E-state index contributed by atoms with van der Waals surface area (Å²) in [5.74, 6) is 0.464. The number of amides is 1. The summed E-state index contributed by atoms with van der Waals surface area (Å²) in [6.45, 7) is 10.4. The molecule has 0 atom stereocenters. The van der Waals surface area contributed by atoms with Crippen LogP contribution in [-0.2, 0) is 14.8 Å². The van der Waals surface area contributed by atoms with E-state index >= 15 is 0 Å². The second kappa shape index (κ2) is 9.92. The number of likely N-dealkylation sites (N-methyl/N-ethyl adjacent to an activating group) is 1. The molecule has 0 bridgehead atoms. The van der Waals surface area contributed by atoms with E-state index in [9.17, 15) is 13.2 Å². The smallest absolute Gasteiger partial charge is 0.243 e. The van der Waals surface area contributed by atoms with E-state index in [1.165, 1.54) is 27.2 Å². The molecule has 0 unspecified atom stereocenters. The Morgan fingerprint density at radius 1 is 1.03 bits per heavy atom. The molecule has 1 aliphatic rings. The Hall–Kier alpha value is -2.58. The third-order valence-electron chi connectivity index (χ3n) is 6.22. The van der Waals surface area contributed by atoms with Gasteiger partial charge in [0.15, 0.2) is 0 Å². The molecule has 1 fully saturated rings. The summed E-state index contributed by atoms with van der Waals surface area (Å²) in [5, 5.41) is 0. The predicted octanol–water partition coefficient (Wildman–Crippen LogP) is 2.98. The monoisotopic (exact) mass is 459 g/mol. The molecular weight excluding hydrogens is 426 g/mol. The molecular formula is C24H33N3O4S. The van der Waals surface area contributed by atoms with Crippen molar-refractivity contribution >= 4 is 21.6 Å². The minimum atomic E-state index is -3.78. The summed E-state index contributed by atoms with van der Waals surface area (Å²) >= 11 is 0. The van der Waals surface area contributed by atoms with Crippen LogP contribution in [0.3, 0.4) is 0 Å². The predicted molar refractivity (Wildman–Crippen MR) is 127 cm³/mol. The van der Waals surface area contributed by atoms with Crippen LogP contribution in [0, 0.1) is 20.8 Å². The van der Waals surface area contributed by atoms with Crippen LogP contribution in [0.2, 0.25) is 0 Å². The molecule has 1 saturated heterocycles. The molecule has 0 radical (unpaired) electrons. The Kier molecular flexibility index (Phi) is 7.46. The number of ether oxygens (including phenoxy) is 1. The molecule has 1 amide bonds. The Morgan fingerprint density at radius 3 is 2.31 bits per heavy atom. The average Bonchev–Trinajstić information content (AvgIpc) is 2.79. The SMILES string of the molecule is CCN(CC(=O)N1CCN(c2cccc(C)c2C)CC1)S(=O)(=O)c1ccc(OC)c(C)c1. The van der Waals surface area contributed by atoms with Gasteiger partial charge in [-0.15, -0.1) is 0 Å². The van der Waals surface area contributed by atoms with Crippen LogP contribution in [0.5, 0.6) is 5.75 Å². The first-order valence-electron chi connectivity index (χ1n) is 10.9. The summed E-state index contributed by atoms with van der Waals surface area (Å²) in [4.78, 5) is 17.2. The van der Waals surface area contributed by atoms with Crippen LogP contribution in [-0.4, -0.2) is 69.9 Å². The van der Waals surface area contributed by atoms with Crippen molar-refractivity contribution in [3.8, 4) is 5.75 Å². The molecule has 1 heterocycles. The molecule has 0 spiro atoms. The van der Waals surface area contributed by atoms with Gasteiger partial charge in [0.25, 0.3) is 0 Å². The standard InChI is InChI=1S/C24H33N3O4S/c1-6-27(32(29,30)21-10-11-23(31-5)19(3)16-21)17-24(28)26-14-12-25(13-15-26)22-9-7-8-18(2)20(22)4/h7-11,16H,6,12-15,17H2,1-5H3. The lowest BCUT2D eigenvalue weighted by atomic mass is 10.1. The molecule has 1 aliphatic heterocycles. The van der Waals surface area contributed by atoms with Gasteiger partial charge in [0, 0.05) is 38.4 Å². The number of nitrogens with zero attached hydrogens (tertiary/aromatic N) is 3. The summed E-state index contributed by atoms with van der Waals surface area (Å²) in [7, 11) is -2.23.